The molecule has 0 amide bonds. The van der Waals surface area contributed by atoms with Gasteiger partial charge in [-0.25, -0.2) is 0 Å². The molecule has 3 N–H and O–H groups in total. The molecular weight excluding hydrogens is 392 g/mol. The Bertz CT molecular complexity index is 704. The van der Waals surface area contributed by atoms with Crippen LogP contribution in [0.3, 0.4) is 0 Å². The average Bonchev–Trinajstić information content (AvgIpc) is 2.44. The van der Waals surface area contributed by atoms with Gasteiger partial charge in [-0.2, -0.15) is 8.42 Å². The molecule has 6 nitrogen and oxygen atoms in total. The highest BCUT2D eigenvalue weighted by Crippen LogP contribution is 2.31. The third-order valence-electron chi connectivity index (χ3n) is 2.98. The topological polar surface area (TPSA) is 102 Å². The minimum Gasteiger partial charge on any atom is -0.378 e. The number of hydrogen-bond donors (Lipinski definition) is 2. The van der Waals surface area contributed by atoms with E-state index in [1.165, 1.54) is 0 Å². The van der Waals surface area contributed by atoms with Gasteiger partial charge in [-0.15, -0.1) is 4.40 Å². The van der Waals surface area contributed by atoms with Crippen molar-refractivity contribution >= 4 is 48.7 Å². The number of amidine groups is 1. The van der Waals surface area contributed by atoms with Crippen LogP contribution in [0.2, 0.25) is 0 Å². The Morgan fingerprint density at radius 3 is 3.00 bits per heavy atom. The highest BCUT2D eigenvalue weighted by atomic mass is 79.9. The summed E-state index contributed by atoms with van der Waals surface area (Å²) < 4.78 is 39.4. The van der Waals surface area contributed by atoms with Crippen molar-refractivity contribution in [1.82, 2.24) is 0 Å². The van der Waals surface area contributed by atoms with E-state index in [1.807, 2.05) is 30.3 Å². The van der Waals surface area contributed by atoms with Crippen molar-refractivity contribution in [2.24, 2.45) is 16.0 Å². The second kappa shape index (κ2) is 7.60. The Morgan fingerprint density at radius 2 is 2.32 bits per heavy atom. The van der Waals surface area contributed by atoms with E-state index in [0.717, 1.165) is 27.4 Å². The molecule has 1 aromatic carbocycles. The first-order chi connectivity index (χ1) is 10.3. The Hall–Kier alpha value is -0.870. The fraction of sp³-hybridized carbons (Fsp3) is 0.308. The zero-order chi connectivity index (χ0) is 16.2. The van der Waals surface area contributed by atoms with E-state index in [4.69, 9.17) is 15.0 Å². The molecule has 0 spiro atoms. The Balaban J connectivity index is 2.11. The third kappa shape index (κ3) is 5.40. The lowest BCUT2D eigenvalue weighted by atomic mass is 9.93. The Kier molecular flexibility index (Phi) is 6.04. The molecule has 22 heavy (non-hydrogen) atoms. The maximum atomic E-state index is 10.6. The fourth-order valence-corrected chi connectivity index (χ4v) is 3.87. The number of halogens is 1. The van der Waals surface area contributed by atoms with Crippen LogP contribution < -0.4 is 5.73 Å². The van der Waals surface area contributed by atoms with E-state index in [2.05, 4.69) is 20.3 Å². The zero-order valence-electron chi connectivity index (χ0n) is 11.5. The number of nitrogens with zero attached hydrogens (tertiary/aromatic N) is 1. The Morgan fingerprint density at radius 1 is 1.55 bits per heavy atom. The van der Waals surface area contributed by atoms with Crippen molar-refractivity contribution in [2.45, 2.75) is 0 Å². The van der Waals surface area contributed by atoms with E-state index in [1.54, 1.807) is 0 Å². The molecule has 0 aromatic heterocycles. The minimum absolute atomic E-state index is 0.0585. The standard InChI is InChI=1S/C13H15BrN2O4S2/c14-11-3-1-2-9(6-11)12-4-5-20-7-10(12)8-21-13(15)16-22(17,18)19/h1-4,6,10H,5,7-8H2,(H2,15,16)(H,17,18,19). The summed E-state index contributed by atoms with van der Waals surface area (Å²) >= 11 is 4.52. The van der Waals surface area contributed by atoms with E-state index >= 15 is 0 Å². The van der Waals surface area contributed by atoms with Gasteiger partial charge in [-0.1, -0.05) is 45.9 Å². The molecule has 1 aliphatic rings. The first-order valence-electron chi connectivity index (χ1n) is 6.34. The zero-order valence-corrected chi connectivity index (χ0v) is 14.7. The van der Waals surface area contributed by atoms with Crippen molar-refractivity contribution in [3.8, 4) is 0 Å². The lowest BCUT2D eigenvalue weighted by Crippen LogP contribution is -2.21. The van der Waals surface area contributed by atoms with Crippen LogP contribution in [-0.4, -0.2) is 37.1 Å². The van der Waals surface area contributed by atoms with Crippen molar-refractivity contribution in [3.05, 3.63) is 40.4 Å². The molecule has 0 aliphatic carbocycles. The van der Waals surface area contributed by atoms with Crippen LogP contribution in [0.25, 0.3) is 5.57 Å². The summed E-state index contributed by atoms with van der Waals surface area (Å²) in [5.74, 6) is 0.562. The maximum absolute atomic E-state index is 10.6. The minimum atomic E-state index is -4.46. The van der Waals surface area contributed by atoms with E-state index in [0.29, 0.717) is 19.0 Å². The number of nitrogens with two attached hydrogens (primary N) is 1. The molecule has 2 rings (SSSR count). The monoisotopic (exact) mass is 406 g/mol. The maximum Gasteiger partial charge on any atom is 0.380 e. The second-order valence-electron chi connectivity index (χ2n) is 4.59. The summed E-state index contributed by atoms with van der Waals surface area (Å²) in [5, 5.41) is -0.193. The van der Waals surface area contributed by atoms with Crippen molar-refractivity contribution in [2.75, 3.05) is 19.0 Å². The SMILES string of the molecule is N/C(=N\S(=O)(=O)O)SCC1COCC=C1c1cccc(Br)c1. The fourth-order valence-electron chi connectivity index (χ4n) is 2.10. The third-order valence-corrected chi connectivity index (χ3v) is 4.97. The van der Waals surface area contributed by atoms with Crippen LogP contribution in [0.15, 0.2) is 39.2 Å². The summed E-state index contributed by atoms with van der Waals surface area (Å²) in [6.07, 6.45) is 2.01. The van der Waals surface area contributed by atoms with Crippen molar-refractivity contribution in [3.63, 3.8) is 0 Å². The molecule has 0 fully saturated rings. The van der Waals surface area contributed by atoms with Gasteiger partial charge < -0.3 is 10.5 Å². The molecule has 9 heteroatoms. The van der Waals surface area contributed by atoms with Gasteiger partial charge in [-0.3, -0.25) is 4.55 Å². The Labute approximate surface area is 141 Å². The van der Waals surface area contributed by atoms with Gasteiger partial charge in [0.05, 0.1) is 13.2 Å². The van der Waals surface area contributed by atoms with Gasteiger partial charge in [0.2, 0.25) is 0 Å². The van der Waals surface area contributed by atoms with E-state index < -0.39 is 10.3 Å². The van der Waals surface area contributed by atoms with Crippen molar-refractivity contribution < 1.29 is 17.7 Å². The quantitative estimate of drug-likeness (QED) is 0.451. The van der Waals surface area contributed by atoms with Crippen molar-refractivity contribution in [1.29, 1.82) is 0 Å². The average molecular weight is 407 g/mol. The molecular formula is C13H15BrN2O4S2. The van der Waals surface area contributed by atoms with Crippen LogP contribution in [0.4, 0.5) is 0 Å². The predicted octanol–water partition coefficient (Wildman–Crippen LogP) is 2.33. The first-order valence-corrected chi connectivity index (χ1v) is 9.52. The molecule has 1 aliphatic heterocycles. The second-order valence-corrected chi connectivity index (χ2v) is 7.63. The normalized spacial score (nSPS) is 19.8. The molecule has 1 unspecified atom stereocenters. The van der Waals surface area contributed by atoms with Gasteiger partial charge in [0.25, 0.3) is 0 Å². The number of ether oxygens (including phenoxy) is 1. The molecule has 0 radical (unpaired) electrons. The van der Waals surface area contributed by atoms with Gasteiger partial charge in [-0.05, 0) is 23.3 Å². The molecule has 1 heterocycles. The lowest BCUT2D eigenvalue weighted by Gasteiger charge is -2.24. The summed E-state index contributed by atoms with van der Waals surface area (Å²) in [6.45, 7) is 1.06. The summed E-state index contributed by atoms with van der Waals surface area (Å²) in [5.41, 5.74) is 7.69. The molecule has 0 saturated carbocycles. The lowest BCUT2D eigenvalue weighted by molar-refractivity contribution is 0.137. The van der Waals surface area contributed by atoms with E-state index in [9.17, 15) is 8.42 Å². The number of thioether (sulfide) groups is 1. The number of hydrogen-bond acceptors (Lipinski definition) is 4. The van der Waals surface area contributed by atoms with Crippen LogP contribution in [0.5, 0.6) is 0 Å². The molecule has 1 aromatic rings. The predicted molar refractivity (Wildman–Crippen MR) is 92.1 cm³/mol. The molecule has 0 bridgehead atoms. The summed E-state index contributed by atoms with van der Waals surface area (Å²) in [7, 11) is -4.46. The molecule has 1 atom stereocenters. The van der Waals surface area contributed by atoms with Crippen LogP contribution in [0.1, 0.15) is 5.56 Å². The highest BCUT2D eigenvalue weighted by Gasteiger charge is 2.21. The van der Waals surface area contributed by atoms with Gasteiger partial charge in [0.1, 0.15) is 0 Å². The summed E-state index contributed by atoms with van der Waals surface area (Å²) in [6, 6.07) is 7.93. The first kappa shape index (κ1) is 17.5. The van der Waals surface area contributed by atoms with Crippen LogP contribution >= 0.6 is 27.7 Å². The number of benzene rings is 1. The van der Waals surface area contributed by atoms with Gasteiger partial charge in [0.15, 0.2) is 5.17 Å². The highest BCUT2D eigenvalue weighted by molar-refractivity contribution is 9.10. The summed E-state index contributed by atoms with van der Waals surface area (Å²) in [4.78, 5) is 0. The molecule has 0 saturated heterocycles. The van der Waals surface area contributed by atoms with Gasteiger partial charge in [0, 0.05) is 16.1 Å². The van der Waals surface area contributed by atoms with Crippen LogP contribution in [-0.2, 0) is 15.0 Å². The smallest absolute Gasteiger partial charge is 0.378 e. The van der Waals surface area contributed by atoms with Gasteiger partial charge >= 0.3 is 10.3 Å². The number of rotatable bonds is 4. The molecule has 120 valence electrons. The largest absolute Gasteiger partial charge is 0.380 e. The van der Waals surface area contributed by atoms with Crippen LogP contribution in [0, 0.1) is 5.92 Å². The van der Waals surface area contributed by atoms with E-state index in [-0.39, 0.29) is 11.1 Å².